The van der Waals surface area contributed by atoms with Crippen LogP contribution in [0.2, 0.25) is 0 Å². The molecule has 58 heavy (non-hydrogen) atoms. The molecule has 0 heterocycles. The molecule has 9 nitrogen and oxygen atoms in total. The lowest BCUT2D eigenvalue weighted by Gasteiger charge is -2.28. The lowest BCUT2D eigenvalue weighted by molar-refractivity contribution is -0.870. The number of esters is 2. The number of phosphoric ester groups is 1. The molecule has 0 aromatic rings. The standard InChI is InChI=1S/C48H96NO8P/c1-6-8-10-12-14-16-18-19-20-21-22-23-24-25-26-27-28-29-31-33-35-37-39-41-48(51)57-46(45-56-58(52,53)55-43-42-49(3,4)5)44-54-47(50)40-38-36-34-32-30-17-15-13-11-9-7-2/h46H,6-45H2,1-5H3/t46-/m1/s1. The number of hydrogen-bond acceptors (Lipinski definition) is 8. The fourth-order valence-electron chi connectivity index (χ4n) is 7.25. The maximum Gasteiger partial charge on any atom is 0.306 e. The van der Waals surface area contributed by atoms with Crippen LogP contribution in [0.5, 0.6) is 0 Å². The van der Waals surface area contributed by atoms with Crippen molar-refractivity contribution in [2.45, 2.75) is 251 Å². The topological polar surface area (TPSA) is 111 Å². The first kappa shape index (κ1) is 57.0. The molecule has 0 rings (SSSR count). The number of ether oxygens (including phenoxy) is 2. The van der Waals surface area contributed by atoms with Gasteiger partial charge < -0.3 is 27.9 Å². The molecule has 0 saturated heterocycles. The van der Waals surface area contributed by atoms with Crippen molar-refractivity contribution < 1.29 is 42.1 Å². The molecule has 10 heteroatoms. The third kappa shape index (κ3) is 44.6. The van der Waals surface area contributed by atoms with Crippen LogP contribution in [0.4, 0.5) is 0 Å². The summed E-state index contributed by atoms with van der Waals surface area (Å²) in [5.41, 5.74) is 0. The highest BCUT2D eigenvalue weighted by atomic mass is 31.2. The second-order valence-corrected chi connectivity index (χ2v) is 19.6. The average Bonchev–Trinajstić information content (AvgIpc) is 3.17. The van der Waals surface area contributed by atoms with Gasteiger partial charge in [-0.3, -0.25) is 14.2 Å². The Morgan fingerprint density at radius 1 is 0.466 bits per heavy atom. The van der Waals surface area contributed by atoms with Crippen LogP contribution in [-0.2, 0) is 32.7 Å². The van der Waals surface area contributed by atoms with Crippen LogP contribution in [0.25, 0.3) is 0 Å². The van der Waals surface area contributed by atoms with E-state index in [1.807, 2.05) is 21.1 Å². The Morgan fingerprint density at radius 2 is 0.776 bits per heavy atom. The number of carbonyl (C=O) groups is 2. The van der Waals surface area contributed by atoms with Crippen LogP contribution >= 0.6 is 7.82 Å². The molecule has 0 N–H and O–H groups in total. The van der Waals surface area contributed by atoms with Crippen molar-refractivity contribution in [2.75, 3.05) is 47.5 Å². The minimum atomic E-state index is -4.62. The molecule has 0 aromatic carbocycles. The molecule has 0 aliphatic carbocycles. The summed E-state index contributed by atoms with van der Waals surface area (Å²) < 4.78 is 34.0. The Kier molecular flexibility index (Phi) is 40.7. The van der Waals surface area contributed by atoms with Gasteiger partial charge in [0.25, 0.3) is 7.82 Å². The Morgan fingerprint density at radius 3 is 1.10 bits per heavy atom. The fourth-order valence-corrected chi connectivity index (χ4v) is 7.97. The fraction of sp³-hybridized carbons (Fsp3) is 0.958. The molecule has 0 aromatic heterocycles. The number of quaternary nitrogens is 1. The van der Waals surface area contributed by atoms with E-state index in [0.717, 1.165) is 32.1 Å². The number of likely N-dealkylation sites (N-methyl/N-ethyl adjacent to an activating group) is 1. The van der Waals surface area contributed by atoms with Crippen LogP contribution in [0.3, 0.4) is 0 Å². The summed E-state index contributed by atoms with van der Waals surface area (Å²) in [4.78, 5) is 37.6. The zero-order chi connectivity index (χ0) is 42.8. The number of phosphoric acid groups is 1. The molecule has 346 valence electrons. The summed E-state index contributed by atoms with van der Waals surface area (Å²) in [7, 11) is 1.18. The highest BCUT2D eigenvalue weighted by Crippen LogP contribution is 2.38. The smallest absolute Gasteiger partial charge is 0.306 e. The normalized spacial score (nSPS) is 13.4. The Labute approximate surface area is 359 Å². The van der Waals surface area contributed by atoms with Gasteiger partial charge in [0, 0.05) is 12.8 Å². The van der Waals surface area contributed by atoms with E-state index in [1.54, 1.807) is 0 Å². The molecule has 0 saturated carbocycles. The monoisotopic (exact) mass is 846 g/mol. The Balaban J connectivity index is 4.14. The van der Waals surface area contributed by atoms with Crippen molar-refractivity contribution in [3.63, 3.8) is 0 Å². The number of hydrogen-bond donors (Lipinski definition) is 0. The average molecular weight is 846 g/mol. The van der Waals surface area contributed by atoms with Crippen LogP contribution in [0, 0.1) is 0 Å². The zero-order valence-corrected chi connectivity index (χ0v) is 39.9. The van der Waals surface area contributed by atoms with Gasteiger partial charge in [-0.25, -0.2) is 0 Å². The summed E-state index contributed by atoms with van der Waals surface area (Å²) in [6.07, 6.45) is 42.8. The van der Waals surface area contributed by atoms with Gasteiger partial charge in [-0.2, -0.15) is 0 Å². The van der Waals surface area contributed by atoms with Crippen LogP contribution in [-0.4, -0.2) is 70.0 Å². The molecule has 0 amide bonds. The van der Waals surface area contributed by atoms with Gasteiger partial charge in [0.05, 0.1) is 27.7 Å². The van der Waals surface area contributed by atoms with Gasteiger partial charge >= 0.3 is 11.9 Å². The summed E-state index contributed by atoms with van der Waals surface area (Å²) >= 11 is 0. The third-order valence-corrected chi connectivity index (χ3v) is 12.1. The largest absolute Gasteiger partial charge is 0.756 e. The van der Waals surface area contributed by atoms with E-state index in [9.17, 15) is 19.0 Å². The third-order valence-electron chi connectivity index (χ3n) is 11.1. The maximum absolute atomic E-state index is 12.7. The van der Waals surface area contributed by atoms with Gasteiger partial charge in [0.2, 0.25) is 0 Å². The van der Waals surface area contributed by atoms with E-state index in [2.05, 4.69) is 13.8 Å². The first-order chi connectivity index (χ1) is 28.0. The summed E-state index contributed by atoms with van der Waals surface area (Å²) in [6.45, 7) is 4.27. The van der Waals surface area contributed by atoms with Crippen LogP contribution in [0.1, 0.15) is 245 Å². The summed E-state index contributed by atoms with van der Waals surface area (Å²) in [5, 5.41) is 0. The lowest BCUT2D eigenvalue weighted by atomic mass is 10.0. The van der Waals surface area contributed by atoms with Gasteiger partial charge in [-0.05, 0) is 12.8 Å². The molecular weight excluding hydrogens is 750 g/mol. The molecule has 0 aliphatic heterocycles. The first-order valence-electron chi connectivity index (χ1n) is 24.7. The van der Waals surface area contributed by atoms with E-state index in [0.29, 0.717) is 17.4 Å². The molecule has 0 aliphatic rings. The minimum Gasteiger partial charge on any atom is -0.756 e. The molecule has 0 bridgehead atoms. The van der Waals surface area contributed by atoms with Crippen LogP contribution < -0.4 is 4.89 Å². The maximum atomic E-state index is 12.7. The predicted octanol–water partition coefficient (Wildman–Crippen LogP) is 13.7. The molecule has 0 spiro atoms. The second-order valence-electron chi connectivity index (χ2n) is 18.2. The van der Waals surface area contributed by atoms with Crippen molar-refractivity contribution in [2.24, 2.45) is 0 Å². The van der Waals surface area contributed by atoms with Crippen molar-refractivity contribution in [1.82, 2.24) is 0 Å². The van der Waals surface area contributed by atoms with Gasteiger partial charge in [0.1, 0.15) is 19.8 Å². The minimum absolute atomic E-state index is 0.0256. The number of nitrogens with zero attached hydrogens (tertiary/aromatic N) is 1. The van der Waals surface area contributed by atoms with E-state index in [-0.39, 0.29) is 32.0 Å². The predicted molar refractivity (Wildman–Crippen MR) is 241 cm³/mol. The van der Waals surface area contributed by atoms with Gasteiger partial charge in [0.15, 0.2) is 6.10 Å². The van der Waals surface area contributed by atoms with Crippen LogP contribution in [0.15, 0.2) is 0 Å². The van der Waals surface area contributed by atoms with Gasteiger partial charge in [-0.15, -0.1) is 0 Å². The summed E-state index contributed by atoms with van der Waals surface area (Å²) in [5.74, 6) is -0.818. The van der Waals surface area contributed by atoms with E-state index < -0.39 is 26.5 Å². The van der Waals surface area contributed by atoms with Crippen molar-refractivity contribution in [3.05, 3.63) is 0 Å². The highest BCUT2D eigenvalue weighted by Gasteiger charge is 2.21. The van der Waals surface area contributed by atoms with Crippen molar-refractivity contribution >= 4 is 19.8 Å². The molecular formula is C48H96NO8P. The highest BCUT2D eigenvalue weighted by molar-refractivity contribution is 7.45. The number of unbranched alkanes of at least 4 members (excludes halogenated alkanes) is 32. The molecule has 0 radical (unpaired) electrons. The quantitative estimate of drug-likeness (QED) is 0.0258. The molecule has 0 fully saturated rings. The van der Waals surface area contributed by atoms with E-state index in [1.165, 1.54) is 180 Å². The summed E-state index contributed by atoms with van der Waals surface area (Å²) in [6, 6.07) is 0. The van der Waals surface area contributed by atoms with Crippen molar-refractivity contribution in [1.29, 1.82) is 0 Å². The zero-order valence-electron chi connectivity index (χ0n) is 39.0. The number of rotatable bonds is 46. The Bertz CT molecular complexity index is 958. The second kappa shape index (κ2) is 41.4. The van der Waals surface area contributed by atoms with E-state index >= 15 is 0 Å². The molecule has 2 atom stereocenters. The lowest BCUT2D eigenvalue weighted by Crippen LogP contribution is -2.37. The Hall–Kier alpha value is -0.990. The first-order valence-corrected chi connectivity index (χ1v) is 26.2. The SMILES string of the molecule is CCCCCCCCCCCCCCCCCCCCCCCCCC(=O)O[C@H](COC(=O)CCCCCCCCCCCCC)COP(=O)([O-])OCC[N+](C)(C)C. The molecule has 1 unspecified atom stereocenters. The number of carbonyl (C=O) groups excluding carboxylic acids is 2. The van der Waals surface area contributed by atoms with Gasteiger partial charge in [-0.1, -0.05) is 219 Å². The van der Waals surface area contributed by atoms with Crippen molar-refractivity contribution in [3.8, 4) is 0 Å². The van der Waals surface area contributed by atoms with E-state index in [4.69, 9.17) is 18.5 Å².